The summed E-state index contributed by atoms with van der Waals surface area (Å²) in [6.07, 6.45) is 0.394. The fourth-order valence-electron chi connectivity index (χ4n) is 3.47. The van der Waals surface area contributed by atoms with E-state index in [0.717, 1.165) is 18.7 Å². The third-order valence-electron chi connectivity index (χ3n) is 5.42. The van der Waals surface area contributed by atoms with Gasteiger partial charge >= 0.3 is 0 Å². The van der Waals surface area contributed by atoms with E-state index in [0.29, 0.717) is 19.5 Å². The molecule has 138 valence electrons. The molecule has 1 fully saturated rings. The Morgan fingerprint density at radius 1 is 1.20 bits per heavy atom. The Morgan fingerprint density at radius 3 is 2.36 bits per heavy atom. The first kappa shape index (κ1) is 19.9. The van der Waals surface area contributed by atoms with E-state index < -0.39 is 11.2 Å². The van der Waals surface area contributed by atoms with Gasteiger partial charge in [-0.2, -0.15) is 0 Å². The van der Waals surface area contributed by atoms with Crippen molar-refractivity contribution >= 4 is 0 Å². The van der Waals surface area contributed by atoms with Crippen molar-refractivity contribution < 1.29 is 10.2 Å². The van der Waals surface area contributed by atoms with Crippen LogP contribution in [-0.4, -0.2) is 64.4 Å². The third-order valence-corrected chi connectivity index (χ3v) is 5.42. The SMILES string of the molecule is CCN(CC)CC#CC1(O)CC(c2ccc(C)cc2)N(C)CC1(C)O. The Bertz CT molecular complexity index is 626. The third kappa shape index (κ3) is 4.43. The number of likely N-dealkylation sites (tertiary alicyclic amines) is 1. The number of aryl methyl sites for hydroxylation is 1. The molecule has 3 atom stereocenters. The van der Waals surface area contributed by atoms with Gasteiger partial charge in [-0.1, -0.05) is 55.5 Å². The largest absolute Gasteiger partial charge is 0.385 e. The molecular weight excluding hydrogens is 312 g/mol. The summed E-state index contributed by atoms with van der Waals surface area (Å²) < 4.78 is 0. The monoisotopic (exact) mass is 344 g/mol. The topological polar surface area (TPSA) is 46.9 Å². The van der Waals surface area contributed by atoms with Crippen LogP contribution in [0.15, 0.2) is 24.3 Å². The van der Waals surface area contributed by atoms with Crippen LogP contribution in [-0.2, 0) is 0 Å². The summed E-state index contributed by atoms with van der Waals surface area (Å²) in [6.45, 7) is 10.8. The summed E-state index contributed by atoms with van der Waals surface area (Å²) in [4.78, 5) is 4.29. The lowest BCUT2D eigenvalue weighted by atomic mass is 9.74. The van der Waals surface area contributed by atoms with Gasteiger partial charge in [0.05, 0.1) is 6.54 Å². The van der Waals surface area contributed by atoms with E-state index >= 15 is 0 Å². The Kier molecular flexibility index (Phi) is 6.29. The molecular formula is C21H32N2O2. The minimum atomic E-state index is -1.41. The predicted molar refractivity (Wildman–Crippen MR) is 102 cm³/mol. The fraction of sp³-hybridized carbons (Fsp3) is 0.619. The molecule has 1 saturated heterocycles. The highest BCUT2D eigenvalue weighted by Crippen LogP contribution is 2.40. The molecule has 1 aliphatic rings. The molecule has 0 radical (unpaired) electrons. The van der Waals surface area contributed by atoms with Crippen molar-refractivity contribution in [3.05, 3.63) is 35.4 Å². The van der Waals surface area contributed by atoms with Gasteiger partial charge in [-0.25, -0.2) is 0 Å². The maximum absolute atomic E-state index is 11.2. The van der Waals surface area contributed by atoms with Crippen molar-refractivity contribution in [2.75, 3.05) is 33.2 Å². The van der Waals surface area contributed by atoms with E-state index in [4.69, 9.17) is 0 Å². The molecule has 0 amide bonds. The second-order valence-electron chi connectivity index (χ2n) is 7.44. The van der Waals surface area contributed by atoms with Crippen molar-refractivity contribution in [1.29, 1.82) is 0 Å². The Morgan fingerprint density at radius 2 is 1.80 bits per heavy atom. The molecule has 2 rings (SSSR count). The molecule has 2 N–H and O–H groups in total. The normalized spacial score (nSPS) is 30.2. The van der Waals surface area contributed by atoms with Crippen LogP contribution in [0.3, 0.4) is 0 Å². The second-order valence-corrected chi connectivity index (χ2v) is 7.44. The van der Waals surface area contributed by atoms with Crippen LogP contribution in [0.5, 0.6) is 0 Å². The van der Waals surface area contributed by atoms with Crippen LogP contribution < -0.4 is 0 Å². The maximum atomic E-state index is 11.2. The summed E-state index contributed by atoms with van der Waals surface area (Å²) in [5.41, 5.74) is -0.322. The number of likely N-dealkylation sites (N-methyl/N-ethyl adjacent to an activating group) is 1. The molecule has 1 aromatic rings. The average Bonchev–Trinajstić information content (AvgIpc) is 2.56. The van der Waals surface area contributed by atoms with E-state index in [1.165, 1.54) is 5.56 Å². The number of β-amino-alcohol motifs (C(OH)–C–C–N with tert-alkyl or cyclic N) is 1. The van der Waals surface area contributed by atoms with Crippen molar-refractivity contribution in [2.45, 2.75) is 51.4 Å². The van der Waals surface area contributed by atoms with Gasteiger partial charge in [0.1, 0.15) is 5.60 Å². The van der Waals surface area contributed by atoms with Gasteiger partial charge in [-0.3, -0.25) is 9.80 Å². The Balaban J connectivity index is 2.25. The standard InChI is InChI=1S/C21H32N2O2/c1-6-23(7-2)14-8-13-21(25)15-19(22(5)16-20(21,4)24)18-11-9-17(3)10-12-18/h9-12,19,24-25H,6-7,14-16H2,1-5H3. The lowest BCUT2D eigenvalue weighted by Crippen LogP contribution is -2.62. The number of piperidine rings is 1. The van der Waals surface area contributed by atoms with E-state index in [1.807, 2.05) is 7.05 Å². The lowest BCUT2D eigenvalue weighted by Gasteiger charge is -2.49. The number of aliphatic hydroxyl groups is 2. The minimum Gasteiger partial charge on any atom is -0.385 e. The van der Waals surface area contributed by atoms with Gasteiger partial charge in [0.15, 0.2) is 5.60 Å². The van der Waals surface area contributed by atoms with Crippen LogP contribution in [0, 0.1) is 18.8 Å². The highest BCUT2D eigenvalue weighted by atomic mass is 16.4. The zero-order valence-electron chi connectivity index (χ0n) is 16.2. The Hall–Kier alpha value is -1.38. The molecule has 0 saturated carbocycles. The molecule has 1 heterocycles. The number of rotatable bonds is 4. The molecule has 25 heavy (non-hydrogen) atoms. The summed E-state index contributed by atoms with van der Waals surface area (Å²) in [6, 6.07) is 8.40. The van der Waals surface area contributed by atoms with Gasteiger partial charge in [0.25, 0.3) is 0 Å². The van der Waals surface area contributed by atoms with Crippen LogP contribution in [0.4, 0.5) is 0 Å². The molecule has 0 spiro atoms. The van der Waals surface area contributed by atoms with Crippen molar-refractivity contribution in [1.82, 2.24) is 9.80 Å². The van der Waals surface area contributed by atoms with Gasteiger partial charge in [-0.15, -0.1) is 0 Å². The highest BCUT2D eigenvalue weighted by molar-refractivity contribution is 5.30. The molecule has 1 aliphatic heterocycles. The summed E-state index contributed by atoms with van der Waals surface area (Å²) >= 11 is 0. The van der Waals surface area contributed by atoms with E-state index in [9.17, 15) is 10.2 Å². The van der Waals surface area contributed by atoms with Crippen molar-refractivity contribution in [3.63, 3.8) is 0 Å². The van der Waals surface area contributed by atoms with Crippen molar-refractivity contribution in [2.24, 2.45) is 0 Å². The first-order valence-electron chi connectivity index (χ1n) is 9.16. The molecule has 0 aromatic heterocycles. The van der Waals surface area contributed by atoms with Crippen LogP contribution in [0.1, 0.15) is 44.4 Å². The minimum absolute atomic E-state index is 0.0357. The van der Waals surface area contributed by atoms with Crippen LogP contribution >= 0.6 is 0 Å². The lowest BCUT2D eigenvalue weighted by molar-refractivity contribution is -0.160. The maximum Gasteiger partial charge on any atom is 0.156 e. The summed E-state index contributed by atoms with van der Waals surface area (Å²) in [5.74, 6) is 6.10. The Labute approximate surface area is 152 Å². The quantitative estimate of drug-likeness (QED) is 0.822. The second kappa shape index (κ2) is 7.88. The van der Waals surface area contributed by atoms with Gasteiger partial charge in [0, 0.05) is 19.0 Å². The highest BCUT2D eigenvalue weighted by Gasteiger charge is 2.51. The summed E-state index contributed by atoms with van der Waals surface area (Å²) in [5, 5.41) is 22.0. The van der Waals surface area contributed by atoms with Crippen LogP contribution in [0.2, 0.25) is 0 Å². The van der Waals surface area contributed by atoms with E-state index in [-0.39, 0.29) is 6.04 Å². The van der Waals surface area contributed by atoms with Crippen molar-refractivity contribution in [3.8, 4) is 11.8 Å². The number of hydrogen-bond donors (Lipinski definition) is 2. The van der Waals surface area contributed by atoms with Gasteiger partial charge in [-0.05, 0) is 39.5 Å². The molecule has 0 bridgehead atoms. The van der Waals surface area contributed by atoms with E-state index in [1.54, 1.807) is 6.92 Å². The van der Waals surface area contributed by atoms with Gasteiger partial charge < -0.3 is 10.2 Å². The molecule has 0 aliphatic carbocycles. The van der Waals surface area contributed by atoms with E-state index in [2.05, 4.69) is 66.7 Å². The average molecular weight is 344 g/mol. The summed E-state index contributed by atoms with van der Waals surface area (Å²) in [7, 11) is 1.99. The first-order chi connectivity index (χ1) is 11.7. The zero-order chi connectivity index (χ0) is 18.7. The molecule has 4 nitrogen and oxygen atoms in total. The predicted octanol–water partition coefficient (Wildman–Crippen LogP) is 2.20. The number of nitrogens with zero attached hydrogens (tertiary/aromatic N) is 2. The number of benzene rings is 1. The van der Waals surface area contributed by atoms with Crippen LogP contribution in [0.25, 0.3) is 0 Å². The first-order valence-corrected chi connectivity index (χ1v) is 9.16. The zero-order valence-corrected chi connectivity index (χ0v) is 16.2. The fourth-order valence-corrected chi connectivity index (χ4v) is 3.47. The number of hydrogen-bond acceptors (Lipinski definition) is 4. The smallest absolute Gasteiger partial charge is 0.156 e. The molecule has 1 aromatic carbocycles. The van der Waals surface area contributed by atoms with Gasteiger partial charge in [0.2, 0.25) is 0 Å². The molecule has 4 heteroatoms. The molecule has 3 unspecified atom stereocenters.